The predicted octanol–water partition coefficient (Wildman–Crippen LogP) is 2.39. The molecule has 0 unspecified atom stereocenters. The molecule has 0 saturated carbocycles. The van der Waals surface area contributed by atoms with E-state index in [4.69, 9.17) is 5.73 Å². The molecule has 2 aromatic rings. The maximum absolute atomic E-state index is 13.0. The number of hydrogen-bond acceptors (Lipinski definition) is 3. The summed E-state index contributed by atoms with van der Waals surface area (Å²) in [5, 5.41) is 0. The van der Waals surface area contributed by atoms with Crippen LogP contribution < -0.4 is 10.5 Å². The SMILES string of the molecule is Nc1cc(NS(=O)(=O)CCc2ccccc2)ccc1F. The monoisotopic (exact) mass is 294 g/mol. The fourth-order valence-electron chi connectivity index (χ4n) is 1.73. The zero-order valence-corrected chi connectivity index (χ0v) is 11.5. The molecular formula is C14H15FN2O2S. The zero-order valence-electron chi connectivity index (χ0n) is 10.7. The van der Waals surface area contributed by atoms with Crippen molar-refractivity contribution in [3.05, 3.63) is 59.9 Å². The van der Waals surface area contributed by atoms with Gasteiger partial charge in [-0.15, -0.1) is 0 Å². The second-order valence-corrected chi connectivity index (χ2v) is 6.23. The number of anilines is 2. The number of nitrogen functional groups attached to an aromatic ring is 1. The first-order chi connectivity index (χ1) is 9.46. The first-order valence-electron chi connectivity index (χ1n) is 6.06. The molecule has 106 valence electrons. The third-order valence-corrected chi connectivity index (χ3v) is 4.06. The summed E-state index contributed by atoms with van der Waals surface area (Å²) in [6.45, 7) is 0. The van der Waals surface area contributed by atoms with E-state index in [9.17, 15) is 12.8 Å². The van der Waals surface area contributed by atoms with Crippen LogP contribution in [0.2, 0.25) is 0 Å². The van der Waals surface area contributed by atoms with Gasteiger partial charge >= 0.3 is 0 Å². The number of nitrogens with two attached hydrogens (primary N) is 1. The molecule has 0 amide bonds. The molecule has 0 radical (unpaired) electrons. The van der Waals surface area contributed by atoms with Gasteiger partial charge in [0.1, 0.15) is 5.82 Å². The van der Waals surface area contributed by atoms with E-state index < -0.39 is 15.8 Å². The van der Waals surface area contributed by atoms with Crippen molar-refractivity contribution in [3.63, 3.8) is 0 Å². The highest BCUT2D eigenvalue weighted by atomic mass is 32.2. The van der Waals surface area contributed by atoms with Gasteiger partial charge in [-0.3, -0.25) is 4.72 Å². The quantitative estimate of drug-likeness (QED) is 0.832. The van der Waals surface area contributed by atoms with Crippen molar-refractivity contribution in [2.75, 3.05) is 16.2 Å². The smallest absolute Gasteiger partial charge is 0.233 e. The Balaban J connectivity index is 2.02. The van der Waals surface area contributed by atoms with Gasteiger partial charge in [0.15, 0.2) is 0 Å². The summed E-state index contributed by atoms with van der Waals surface area (Å²) in [4.78, 5) is 0. The lowest BCUT2D eigenvalue weighted by Gasteiger charge is -2.09. The minimum absolute atomic E-state index is 0.0473. The fourth-order valence-corrected chi connectivity index (χ4v) is 2.83. The highest BCUT2D eigenvalue weighted by molar-refractivity contribution is 7.92. The Kier molecular flexibility index (Phi) is 4.24. The van der Waals surface area contributed by atoms with E-state index in [0.29, 0.717) is 6.42 Å². The van der Waals surface area contributed by atoms with Gasteiger partial charge in [0.05, 0.1) is 17.1 Å². The maximum Gasteiger partial charge on any atom is 0.233 e. The van der Waals surface area contributed by atoms with Crippen LogP contribution in [0.4, 0.5) is 15.8 Å². The molecule has 3 N–H and O–H groups in total. The van der Waals surface area contributed by atoms with Crippen LogP contribution >= 0.6 is 0 Å². The molecule has 0 fully saturated rings. The molecule has 0 atom stereocenters. The van der Waals surface area contributed by atoms with E-state index in [1.54, 1.807) is 0 Å². The number of hydrogen-bond donors (Lipinski definition) is 2. The maximum atomic E-state index is 13.0. The second kappa shape index (κ2) is 5.92. The molecule has 2 rings (SSSR count). The predicted molar refractivity (Wildman–Crippen MR) is 78.4 cm³/mol. The average Bonchev–Trinajstić information content (AvgIpc) is 2.42. The molecule has 0 spiro atoms. The average molecular weight is 294 g/mol. The van der Waals surface area contributed by atoms with Crippen molar-refractivity contribution < 1.29 is 12.8 Å². The summed E-state index contributed by atoms with van der Waals surface area (Å²) >= 11 is 0. The van der Waals surface area contributed by atoms with Crippen LogP contribution in [0, 0.1) is 5.82 Å². The van der Waals surface area contributed by atoms with Gasteiger partial charge in [0.25, 0.3) is 0 Å². The molecule has 0 bridgehead atoms. The van der Waals surface area contributed by atoms with E-state index in [1.165, 1.54) is 12.1 Å². The summed E-state index contributed by atoms with van der Waals surface area (Å²) in [5.74, 6) is -0.619. The minimum atomic E-state index is -3.49. The number of aryl methyl sites for hydroxylation is 1. The third-order valence-electron chi connectivity index (χ3n) is 2.77. The van der Waals surface area contributed by atoms with Crippen molar-refractivity contribution in [3.8, 4) is 0 Å². The normalized spacial score (nSPS) is 11.2. The highest BCUT2D eigenvalue weighted by Crippen LogP contribution is 2.17. The molecule has 2 aromatic carbocycles. The van der Waals surface area contributed by atoms with Crippen molar-refractivity contribution in [1.29, 1.82) is 0 Å². The number of halogens is 1. The van der Waals surface area contributed by atoms with E-state index in [-0.39, 0.29) is 17.1 Å². The van der Waals surface area contributed by atoms with Gasteiger partial charge in [0.2, 0.25) is 10.0 Å². The molecule has 0 aliphatic rings. The highest BCUT2D eigenvalue weighted by Gasteiger charge is 2.11. The Labute approximate surface area is 117 Å². The lowest BCUT2D eigenvalue weighted by atomic mass is 10.2. The van der Waals surface area contributed by atoms with Crippen molar-refractivity contribution in [2.45, 2.75) is 6.42 Å². The number of sulfonamides is 1. The summed E-state index contributed by atoms with van der Waals surface area (Å²) in [6.07, 6.45) is 0.410. The van der Waals surface area contributed by atoms with Crippen molar-refractivity contribution >= 4 is 21.4 Å². The first kappa shape index (κ1) is 14.3. The van der Waals surface area contributed by atoms with Crippen LogP contribution in [0.15, 0.2) is 48.5 Å². The van der Waals surface area contributed by atoms with Gasteiger partial charge in [-0.05, 0) is 30.2 Å². The van der Waals surface area contributed by atoms with Gasteiger partial charge in [-0.2, -0.15) is 0 Å². The Morgan fingerprint density at radius 1 is 1.10 bits per heavy atom. The largest absolute Gasteiger partial charge is 0.396 e. The third kappa shape index (κ3) is 3.96. The van der Waals surface area contributed by atoms with Gasteiger partial charge < -0.3 is 5.73 Å². The molecule has 0 aromatic heterocycles. The number of benzene rings is 2. The first-order valence-corrected chi connectivity index (χ1v) is 7.71. The molecule has 4 nitrogen and oxygen atoms in total. The van der Waals surface area contributed by atoms with E-state index in [1.807, 2.05) is 30.3 Å². The van der Waals surface area contributed by atoms with Crippen LogP contribution in [0.3, 0.4) is 0 Å². The van der Waals surface area contributed by atoms with Crippen LogP contribution in [-0.4, -0.2) is 14.2 Å². The minimum Gasteiger partial charge on any atom is -0.396 e. The fraction of sp³-hybridized carbons (Fsp3) is 0.143. The van der Waals surface area contributed by atoms with Gasteiger partial charge in [-0.1, -0.05) is 30.3 Å². The standard InChI is InChI=1S/C14H15FN2O2S/c15-13-7-6-12(10-14(13)16)17-20(18,19)9-8-11-4-2-1-3-5-11/h1-7,10,17H,8-9,16H2. The van der Waals surface area contributed by atoms with Crippen LogP contribution in [0.25, 0.3) is 0 Å². The molecular weight excluding hydrogens is 279 g/mol. The topological polar surface area (TPSA) is 72.2 Å². The van der Waals surface area contributed by atoms with E-state index >= 15 is 0 Å². The molecule has 0 saturated heterocycles. The summed E-state index contributed by atoms with van der Waals surface area (Å²) < 4.78 is 39.2. The Hall–Kier alpha value is -2.08. The van der Waals surface area contributed by atoms with Gasteiger partial charge in [0, 0.05) is 0 Å². The Morgan fingerprint density at radius 3 is 2.45 bits per heavy atom. The lowest BCUT2D eigenvalue weighted by molar-refractivity contribution is 0.600. The van der Waals surface area contributed by atoms with Crippen molar-refractivity contribution in [2.24, 2.45) is 0 Å². The van der Waals surface area contributed by atoms with E-state index in [2.05, 4.69) is 4.72 Å². The zero-order chi connectivity index (χ0) is 14.6. The molecule has 6 heteroatoms. The second-order valence-electron chi connectivity index (χ2n) is 4.39. The van der Waals surface area contributed by atoms with Gasteiger partial charge in [-0.25, -0.2) is 12.8 Å². The van der Waals surface area contributed by atoms with E-state index in [0.717, 1.165) is 11.6 Å². The molecule has 0 heterocycles. The Bertz CT molecular complexity index is 688. The summed E-state index contributed by atoms with van der Waals surface area (Å²) in [7, 11) is -3.49. The number of rotatable bonds is 5. The molecule has 0 aliphatic heterocycles. The Morgan fingerprint density at radius 2 is 1.80 bits per heavy atom. The van der Waals surface area contributed by atoms with Crippen LogP contribution in [0.1, 0.15) is 5.56 Å². The van der Waals surface area contributed by atoms with Crippen LogP contribution in [0.5, 0.6) is 0 Å². The lowest BCUT2D eigenvalue weighted by Crippen LogP contribution is -2.18. The van der Waals surface area contributed by atoms with Crippen LogP contribution in [-0.2, 0) is 16.4 Å². The summed E-state index contributed by atoms with van der Waals surface area (Å²) in [5.41, 5.74) is 6.51. The van der Waals surface area contributed by atoms with Crippen molar-refractivity contribution in [1.82, 2.24) is 0 Å². The molecule has 0 aliphatic carbocycles. The number of nitrogens with one attached hydrogen (secondary N) is 1. The summed E-state index contributed by atoms with van der Waals surface area (Å²) in [6, 6.07) is 13.0. The molecule has 20 heavy (non-hydrogen) atoms.